The fraction of sp³-hybridized carbons (Fsp3) is 0.167. The molecule has 2 N–H and O–H groups in total. The van der Waals surface area contributed by atoms with Crippen LogP contribution in [0.1, 0.15) is 6.92 Å². The fourth-order valence-electron chi connectivity index (χ4n) is 0.310. The topological polar surface area (TPSA) is 35.9 Å². The van der Waals surface area contributed by atoms with E-state index >= 15 is 0 Å². The van der Waals surface area contributed by atoms with E-state index in [0.717, 1.165) is 11.9 Å². The monoisotopic (exact) mass is 110 g/mol. The minimum atomic E-state index is 0.567. The zero-order valence-electron chi connectivity index (χ0n) is 4.99. The van der Waals surface area contributed by atoms with Crippen molar-refractivity contribution in [2.45, 2.75) is 6.92 Å². The van der Waals surface area contributed by atoms with Crippen LogP contribution in [-0.4, -0.2) is 6.21 Å². The summed E-state index contributed by atoms with van der Waals surface area (Å²) in [6.07, 6.45) is 1.15. The van der Waals surface area contributed by atoms with Crippen LogP contribution < -0.4 is 5.32 Å². The minimum Gasteiger partial charge on any atom is -0.359 e. The summed E-state index contributed by atoms with van der Waals surface area (Å²) in [5, 5.41) is 9.43. The van der Waals surface area contributed by atoms with Crippen LogP contribution in [-0.2, 0) is 0 Å². The lowest BCUT2D eigenvalue weighted by Crippen LogP contribution is -2.08. The predicted octanol–water partition coefficient (Wildman–Crippen LogP) is 1.27. The highest BCUT2D eigenvalue weighted by atomic mass is 14.9. The van der Waals surface area contributed by atoms with Crippen molar-refractivity contribution in [1.29, 1.82) is 5.41 Å². The summed E-state index contributed by atoms with van der Waals surface area (Å²) in [6.45, 7) is 8.88. The zero-order chi connectivity index (χ0) is 6.57. The molecule has 0 aliphatic rings. The summed E-state index contributed by atoms with van der Waals surface area (Å²) in [5.41, 5.74) is 1.37. The molecule has 0 aromatic heterocycles. The SMILES string of the molecule is C=C(C)NC(=C)C=N. The van der Waals surface area contributed by atoms with Crippen LogP contribution in [0.3, 0.4) is 0 Å². The van der Waals surface area contributed by atoms with Gasteiger partial charge in [-0.3, -0.25) is 0 Å². The Morgan fingerprint density at radius 1 is 1.62 bits per heavy atom. The van der Waals surface area contributed by atoms with E-state index in [-0.39, 0.29) is 0 Å². The van der Waals surface area contributed by atoms with E-state index in [1.165, 1.54) is 0 Å². The lowest BCUT2D eigenvalue weighted by atomic mass is 10.5. The highest BCUT2D eigenvalue weighted by Crippen LogP contribution is 1.82. The number of nitrogens with one attached hydrogen (secondary N) is 2. The molecule has 0 aromatic carbocycles. The Bertz CT molecular complexity index is 124. The zero-order valence-corrected chi connectivity index (χ0v) is 4.99. The molecule has 8 heavy (non-hydrogen) atoms. The Labute approximate surface area is 49.4 Å². The number of rotatable bonds is 3. The molecule has 0 rings (SSSR count). The lowest BCUT2D eigenvalue weighted by molar-refractivity contribution is 1.04. The molecule has 0 bridgehead atoms. The molecule has 2 heteroatoms. The third-order valence-corrected chi connectivity index (χ3v) is 0.548. The third-order valence-electron chi connectivity index (χ3n) is 0.548. The van der Waals surface area contributed by atoms with Crippen molar-refractivity contribution in [2.24, 2.45) is 0 Å². The third kappa shape index (κ3) is 3.15. The van der Waals surface area contributed by atoms with Gasteiger partial charge in [-0.15, -0.1) is 0 Å². The summed E-state index contributed by atoms with van der Waals surface area (Å²) in [7, 11) is 0. The Morgan fingerprint density at radius 3 is 2.25 bits per heavy atom. The Balaban J connectivity index is 3.55. The molecule has 0 radical (unpaired) electrons. The van der Waals surface area contributed by atoms with Crippen LogP contribution >= 0.6 is 0 Å². The Hall–Kier alpha value is -1.05. The van der Waals surface area contributed by atoms with Gasteiger partial charge >= 0.3 is 0 Å². The average Bonchev–Trinajstić information content (AvgIpc) is 1.65. The van der Waals surface area contributed by atoms with Crippen LogP contribution in [0.15, 0.2) is 24.6 Å². The van der Waals surface area contributed by atoms with Gasteiger partial charge in [-0.25, -0.2) is 0 Å². The standard InChI is InChI=1S/C6H10N2/c1-5(2)8-6(3)4-7/h4,7-8H,1,3H2,2H3. The first-order chi connectivity index (χ1) is 3.66. The first-order valence-electron chi connectivity index (χ1n) is 2.28. The fourth-order valence-corrected chi connectivity index (χ4v) is 0.310. The molecule has 0 atom stereocenters. The minimum absolute atomic E-state index is 0.567. The molecule has 0 saturated heterocycles. The first kappa shape index (κ1) is 6.95. The molecular formula is C6H10N2. The smallest absolute Gasteiger partial charge is 0.0487 e. The number of allylic oxidation sites excluding steroid dienone is 2. The first-order valence-corrected chi connectivity index (χ1v) is 2.28. The maximum atomic E-state index is 6.67. The van der Waals surface area contributed by atoms with Crippen LogP contribution in [0.25, 0.3) is 0 Å². The number of hydrogen-bond donors (Lipinski definition) is 2. The average molecular weight is 110 g/mol. The van der Waals surface area contributed by atoms with E-state index in [4.69, 9.17) is 5.41 Å². The highest BCUT2D eigenvalue weighted by molar-refractivity contribution is 5.74. The maximum absolute atomic E-state index is 6.67. The van der Waals surface area contributed by atoms with Crippen molar-refractivity contribution in [3.05, 3.63) is 24.6 Å². The predicted molar refractivity (Wildman–Crippen MR) is 35.9 cm³/mol. The van der Waals surface area contributed by atoms with Gasteiger partial charge in [0.2, 0.25) is 0 Å². The van der Waals surface area contributed by atoms with E-state index in [2.05, 4.69) is 18.5 Å². The van der Waals surface area contributed by atoms with Crippen molar-refractivity contribution in [2.75, 3.05) is 0 Å². The molecule has 0 unspecified atom stereocenters. The van der Waals surface area contributed by atoms with Gasteiger partial charge in [0.15, 0.2) is 0 Å². The summed E-state index contributed by atoms with van der Waals surface area (Å²) in [4.78, 5) is 0. The van der Waals surface area contributed by atoms with Crippen LogP contribution in [0.5, 0.6) is 0 Å². The number of hydrogen-bond acceptors (Lipinski definition) is 2. The van der Waals surface area contributed by atoms with Gasteiger partial charge in [0.05, 0.1) is 0 Å². The lowest BCUT2D eigenvalue weighted by Gasteiger charge is -2.00. The molecule has 0 saturated carbocycles. The largest absolute Gasteiger partial charge is 0.359 e. The molecular weight excluding hydrogens is 100 g/mol. The van der Waals surface area contributed by atoms with Gasteiger partial charge in [-0.2, -0.15) is 0 Å². The quantitative estimate of drug-likeness (QED) is 0.527. The van der Waals surface area contributed by atoms with Gasteiger partial charge in [0.25, 0.3) is 0 Å². The van der Waals surface area contributed by atoms with Gasteiger partial charge in [0.1, 0.15) is 0 Å². The summed E-state index contributed by atoms with van der Waals surface area (Å²) in [6, 6.07) is 0. The van der Waals surface area contributed by atoms with Gasteiger partial charge < -0.3 is 10.7 Å². The van der Waals surface area contributed by atoms with E-state index in [1.54, 1.807) is 0 Å². The summed E-state index contributed by atoms with van der Waals surface area (Å²) in [5.74, 6) is 0. The molecule has 0 amide bonds. The highest BCUT2D eigenvalue weighted by Gasteiger charge is 1.82. The van der Waals surface area contributed by atoms with E-state index in [1.807, 2.05) is 6.92 Å². The van der Waals surface area contributed by atoms with Crippen molar-refractivity contribution < 1.29 is 0 Å². The van der Waals surface area contributed by atoms with Crippen molar-refractivity contribution in [3.8, 4) is 0 Å². The van der Waals surface area contributed by atoms with Gasteiger partial charge in [-0.05, 0) is 6.92 Å². The van der Waals surface area contributed by atoms with E-state index in [9.17, 15) is 0 Å². The van der Waals surface area contributed by atoms with Crippen LogP contribution in [0.2, 0.25) is 0 Å². The molecule has 0 aromatic rings. The Kier molecular flexibility index (Phi) is 2.62. The molecule has 0 aliphatic carbocycles. The Morgan fingerprint density at radius 2 is 2.12 bits per heavy atom. The molecule has 0 fully saturated rings. The van der Waals surface area contributed by atoms with Crippen molar-refractivity contribution in [3.63, 3.8) is 0 Å². The second-order valence-electron chi connectivity index (χ2n) is 1.57. The molecule has 0 heterocycles. The molecule has 44 valence electrons. The van der Waals surface area contributed by atoms with Gasteiger partial charge in [0, 0.05) is 17.6 Å². The molecule has 0 spiro atoms. The van der Waals surface area contributed by atoms with E-state index in [0.29, 0.717) is 5.70 Å². The van der Waals surface area contributed by atoms with Crippen LogP contribution in [0, 0.1) is 5.41 Å². The summed E-state index contributed by atoms with van der Waals surface area (Å²) >= 11 is 0. The van der Waals surface area contributed by atoms with Crippen LogP contribution in [0.4, 0.5) is 0 Å². The summed E-state index contributed by atoms with van der Waals surface area (Å²) < 4.78 is 0. The molecule has 2 nitrogen and oxygen atoms in total. The van der Waals surface area contributed by atoms with E-state index < -0.39 is 0 Å². The molecule has 0 aliphatic heterocycles. The van der Waals surface area contributed by atoms with Crippen molar-refractivity contribution in [1.82, 2.24) is 5.32 Å². The van der Waals surface area contributed by atoms with Gasteiger partial charge in [-0.1, -0.05) is 13.2 Å². The normalized spacial score (nSPS) is 7.62. The second kappa shape index (κ2) is 3.02. The van der Waals surface area contributed by atoms with Crippen molar-refractivity contribution >= 4 is 6.21 Å². The maximum Gasteiger partial charge on any atom is 0.0487 e. The second-order valence-corrected chi connectivity index (χ2v) is 1.57.